The molecule has 0 spiro atoms. The van der Waals surface area contributed by atoms with Crippen molar-refractivity contribution in [3.63, 3.8) is 0 Å². The highest BCUT2D eigenvalue weighted by molar-refractivity contribution is 7.89. The fourth-order valence-electron chi connectivity index (χ4n) is 4.20. The van der Waals surface area contributed by atoms with Gasteiger partial charge in [0.1, 0.15) is 4.90 Å². The minimum Gasteiger partial charge on any atom is -0.356 e. The zero-order valence-corrected chi connectivity index (χ0v) is 20.4. The Morgan fingerprint density at radius 3 is 2.19 bits per heavy atom. The van der Waals surface area contributed by atoms with E-state index in [-0.39, 0.29) is 39.9 Å². The highest BCUT2D eigenvalue weighted by atomic mass is 35.5. The molecule has 1 amide bonds. The average molecular weight is 491 g/mol. The van der Waals surface area contributed by atoms with E-state index in [1.807, 2.05) is 0 Å². The Morgan fingerprint density at radius 2 is 1.61 bits per heavy atom. The van der Waals surface area contributed by atoms with Gasteiger partial charge in [0.25, 0.3) is 0 Å². The van der Waals surface area contributed by atoms with Crippen LogP contribution in [0, 0.1) is 5.92 Å². The number of nitrogens with one attached hydrogen (secondary N) is 1. The molecule has 10 heteroatoms. The van der Waals surface area contributed by atoms with Crippen molar-refractivity contribution in [1.82, 2.24) is 19.4 Å². The van der Waals surface area contributed by atoms with E-state index in [1.54, 1.807) is 6.07 Å². The molecule has 174 valence electrons. The molecule has 0 saturated carbocycles. The summed E-state index contributed by atoms with van der Waals surface area (Å²) < 4.78 is 27.3. The van der Waals surface area contributed by atoms with Crippen molar-refractivity contribution in [2.45, 2.75) is 31.1 Å². The third-order valence-corrected chi connectivity index (χ3v) is 9.06. The summed E-state index contributed by atoms with van der Waals surface area (Å²) in [6.07, 6.45) is 1.91. The van der Waals surface area contributed by atoms with E-state index in [0.29, 0.717) is 19.4 Å². The summed E-state index contributed by atoms with van der Waals surface area (Å²) in [4.78, 5) is 17.4. The van der Waals surface area contributed by atoms with E-state index < -0.39 is 10.0 Å². The van der Waals surface area contributed by atoms with Gasteiger partial charge in [-0.05, 0) is 44.5 Å². The summed E-state index contributed by atoms with van der Waals surface area (Å²) in [6.45, 7) is 9.91. The first-order valence-corrected chi connectivity index (χ1v) is 13.2. The summed E-state index contributed by atoms with van der Waals surface area (Å²) in [5.41, 5.74) is 0. The Balaban J connectivity index is 1.41. The fraction of sp³-hybridized carbons (Fsp3) is 0.667. The number of piperidine rings is 1. The van der Waals surface area contributed by atoms with Gasteiger partial charge in [-0.15, -0.1) is 0 Å². The lowest BCUT2D eigenvalue weighted by atomic mass is 9.97. The minimum atomic E-state index is -3.78. The molecule has 0 atom stereocenters. The van der Waals surface area contributed by atoms with E-state index >= 15 is 0 Å². The molecule has 3 rings (SSSR count). The van der Waals surface area contributed by atoms with Gasteiger partial charge in [-0.3, -0.25) is 4.79 Å². The Hall–Kier alpha value is -0.900. The first-order valence-electron chi connectivity index (χ1n) is 11.0. The quantitative estimate of drug-likeness (QED) is 0.566. The fourth-order valence-corrected chi connectivity index (χ4v) is 6.77. The highest BCUT2D eigenvalue weighted by Gasteiger charge is 2.34. The first-order chi connectivity index (χ1) is 14.8. The van der Waals surface area contributed by atoms with Crippen LogP contribution < -0.4 is 5.32 Å². The van der Waals surface area contributed by atoms with Crippen molar-refractivity contribution in [3.8, 4) is 0 Å². The molecule has 2 heterocycles. The third kappa shape index (κ3) is 6.33. The molecule has 1 N–H and O–H groups in total. The van der Waals surface area contributed by atoms with Gasteiger partial charge in [0.05, 0.1) is 10.0 Å². The number of halogens is 2. The van der Waals surface area contributed by atoms with Crippen LogP contribution in [0.2, 0.25) is 10.0 Å². The predicted molar refractivity (Wildman–Crippen MR) is 124 cm³/mol. The van der Waals surface area contributed by atoms with Gasteiger partial charge < -0.3 is 15.1 Å². The van der Waals surface area contributed by atoms with Crippen LogP contribution in [0.3, 0.4) is 0 Å². The lowest BCUT2D eigenvalue weighted by Gasteiger charge is -2.34. The molecule has 2 aliphatic rings. The van der Waals surface area contributed by atoms with Gasteiger partial charge in [-0.1, -0.05) is 36.2 Å². The van der Waals surface area contributed by atoms with Crippen molar-refractivity contribution in [2.75, 3.05) is 58.9 Å². The molecule has 1 aromatic carbocycles. The van der Waals surface area contributed by atoms with Gasteiger partial charge in [0.2, 0.25) is 15.9 Å². The molecule has 7 nitrogen and oxygen atoms in total. The lowest BCUT2D eigenvalue weighted by Crippen LogP contribution is -2.47. The third-order valence-electron chi connectivity index (χ3n) is 6.20. The Kier molecular flexibility index (Phi) is 9.01. The van der Waals surface area contributed by atoms with Gasteiger partial charge in [0.15, 0.2) is 0 Å². The number of piperazine rings is 1. The van der Waals surface area contributed by atoms with Crippen LogP contribution in [-0.4, -0.2) is 87.3 Å². The maximum Gasteiger partial charge on any atom is 0.246 e. The largest absolute Gasteiger partial charge is 0.356 e. The average Bonchev–Trinajstić information content (AvgIpc) is 2.77. The summed E-state index contributed by atoms with van der Waals surface area (Å²) >= 11 is 12.2. The zero-order chi connectivity index (χ0) is 22.4. The van der Waals surface area contributed by atoms with E-state index in [2.05, 4.69) is 22.0 Å². The summed E-state index contributed by atoms with van der Waals surface area (Å²) in [6, 6.07) is 4.65. The van der Waals surface area contributed by atoms with Crippen LogP contribution in [0.1, 0.15) is 26.2 Å². The van der Waals surface area contributed by atoms with Crippen LogP contribution in [0.25, 0.3) is 0 Å². The second-order valence-corrected chi connectivity index (χ2v) is 10.8. The van der Waals surface area contributed by atoms with Crippen molar-refractivity contribution in [3.05, 3.63) is 28.2 Å². The second-order valence-electron chi connectivity index (χ2n) is 8.15. The molecule has 0 radical (unpaired) electrons. The Bertz CT molecular complexity index is 832. The number of carbonyl (C=O) groups excluding carboxylic acids is 1. The molecule has 2 saturated heterocycles. The molecular formula is C21H32Cl2N4O3S. The molecular weight excluding hydrogens is 459 g/mol. The molecule has 0 aromatic heterocycles. The Labute approximate surface area is 195 Å². The van der Waals surface area contributed by atoms with Crippen molar-refractivity contribution < 1.29 is 13.2 Å². The van der Waals surface area contributed by atoms with E-state index in [4.69, 9.17) is 23.2 Å². The minimum absolute atomic E-state index is 0.0172. The van der Waals surface area contributed by atoms with Gasteiger partial charge in [0, 0.05) is 51.7 Å². The normalized spacial score (nSPS) is 20.1. The van der Waals surface area contributed by atoms with Gasteiger partial charge in [-0.25, -0.2) is 8.42 Å². The number of hydrogen-bond donors (Lipinski definition) is 1. The number of benzene rings is 1. The van der Waals surface area contributed by atoms with Gasteiger partial charge in [-0.2, -0.15) is 4.31 Å². The zero-order valence-electron chi connectivity index (χ0n) is 18.0. The second kappa shape index (κ2) is 11.3. The van der Waals surface area contributed by atoms with Gasteiger partial charge >= 0.3 is 0 Å². The van der Waals surface area contributed by atoms with Crippen LogP contribution in [-0.2, 0) is 14.8 Å². The van der Waals surface area contributed by atoms with Crippen LogP contribution in [0.5, 0.6) is 0 Å². The molecule has 0 bridgehead atoms. The summed E-state index contributed by atoms with van der Waals surface area (Å²) in [5.74, 6) is -0.148. The maximum atomic E-state index is 13.0. The smallest absolute Gasteiger partial charge is 0.246 e. The van der Waals surface area contributed by atoms with E-state index in [1.165, 1.54) is 16.4 Å². The van der Waals surface area contributed by atoms with Crippen molar-refractivity contribution in [1.29, 1.82) is 0 Å². The molecule has 0 unspecified atom stereocenters. The highest BCUT2D eigenvalue weighted by Crippen LogP contribution is 2.33. The predicted octanol–water partition coefficient (Wildman–Crippen LogP) is 2.54. The number of amides is 1. The number of rotatable bonds is 8. The van der Waals surface area contributed by atoms with Crippen molar-refractivity contribution in [2.24, 2.45) is 5.92 Å². The molecule has 2 fully saturated rings. The number of nitrogens with zero attached hydrogens (tertiary/aromatic N) is 3. The first kappa shape index (κ1) is 24.7. The van der Waals surface area contributed by atoms with Crippen LogP contribution in [0.15, 0.2) is 23.1 Å². The van der Waals surface area contributed by atoms with E-state index in [9.17, 15) is 13.2 Å². The molecule has 0 aliphatic carbocycles. The summed E-state index contributed by atoms with van der Waals surface area (Å²) in [5, 5.41) is 3.26. The molecule has 31 heavy (non-hydrogen) atoms. The maximum absolute atomic E-state index is 13.0. The standard InChI is InChI=1S/C21H32Cl2N4O3S/c1-2-25-13-15-26(16-14-25)10-4-9-24-21(28)17-7-11-27(12-8-17)31(29,30)20-18(22)5-3-6-19(20)23/h3,5-6,17H,2,4,7-16H2,1H3,(H,24,28). The van der Waals surface area contributed by atoms with Crippen LogP contribution >= 0.6 is 23.2 Å². The number of sulfonamides is 1. The number of carbonyl (C=O) groups is 1. The number of likely N-dealkylation sites (N-methyl/N-ethyl adjacent to an activating group) is 1. The van der Waals surface area contributed by atoms with Crippen molar-refractivity contribution >= 4 is 39.1 Å². The lowest BCUT2D eigenvalue weighted by molar-refractivity contribution is -0.126. The Morgan fingerprint density at radius 1 is 1.03 bits per heavy atom. The molecule has 1 aromatic rings. The summed E-state index contributed by atoms with van der Waals surface area (Å²) in [7, 11) is -3.78. The topological polar surface area (TPSA) is 73.0 Å². The van der Waals surface area contributed by atoms with E-state index in [0.717, 1.165) is 45.7 Å². The van der Waals surface area contributed by atoms with Crippen LogP contribution in [0.4, 0.5) is 0 Å². The molecule has 2 aliphatic heterocycles. The monoisotopic (exact) mass is 490 g/mol. The SMILES string of the molecule is CCN1CCN(CCCNC(=O)C2CCN(S(=O)(=O)c3c(Cl)cccc3Cl)CC2)CC1. The number of hydrogen-bond acceptors (Lipinski definition) is 5.